The van der Waals surface area contributed by atoms with Gasteiger partial charge in [-0.05, 0) is 59.4 Å². The van der Waals surface area contributed by atoms with Crippen molar-refractivity contribution in [3.8, 4) is 11.5 Å². The van der Waals surface area contributed by atoms with Gasteiger partial charge in [0.15, 0.2) is 0 Å². The van der Waals surface area contributed by atoms with Crippen LogP contribution in [-0.4, -0.2) is 10.2 Å². The molecule has 4 aromatic rings. The Morgan fingerprint density at radius 3 is 1.05 bits per heavy atom. The molecule has 0 saturated carbocycles. The van der Waals surface area contributed by atoms with Gasteiger partial charge in [-0.3, -0.25) is 12.2 Å². The Morgan fingerprint density at radius 1 is 0.462 bits per heavy atom. The monoisotopic (exact) mass is 588 g/mol. The summed E-state index contributed by atoms with van der Waals surface area (Å²) in [6, 6.07) is 35.3. The van der Waals surface area contributed by atoms with E-state index in [0.717, 1.165) is 25.7 Å². The van der Waals surface area contributed by atoms with Crippen LogP contribution >= 0.6 is 0 Å². The fraction of sp³-hybridized carbons (Fsp3) is 0.111. The topological polar surface area (TPSA) is 40.5 Å². The minimum atomic E-state index is 0. The first-order chi connectivity index (χ1) is 18.7. The smallest absolute Gasteiger partial charge is 0.508 e. The molecule has 3 heteroatoms. The molecule has 0 heterocycles. The predicted molar refractivity (Wildman–Crippen MR) is 158 cm³/mol. The van der Waals surface area contributed by atoms with Crippen LogP contribution in [0.3, 0.4) is 0 Å². The summed E-state index contributed by atoms with van der Waals surface area (Å²) in [5, 5.41) is 18.2. The van der Waals surface area contributed by atoms with E-state index in [1.54, 1.807) is 24.3 Å². The average Bonchev–Trinajstić information content (AvgIpc) is 3.73. The second-order valence-corrected chi connectivity index (χ2v) is 8.66. The van der Waals surface area contributed by atoms with Crippen molar-refractivity contribution in [1.29, 1.82) is 0 Å². The van der Waals surface area contributed by atoms with Gasteiger partial charge in [0, 0.05) is 0 Å². The van der Waals surface area contributed by atoms with Gasteiger partial charge in [-0.2, -0.15) is 12.2 Å². The predicted octanol–water partition coefficient (Wildman–Crippen LogP) is 8.57. The normalized spacial score (nSPS) is 11.7. The van der Waals surface area contributed by atoms with E-state index < -0.39 is 0 Å². The number of rotatable bonds is 4. The molecule has 0 atom stereocenters. The zero-order valence-corrected chi connectivity index (χ0v) is 24.5. The van der Waals surface area contributed by atoms with Crippen LogP contribution in [-0.2, 0) is 39.0 Å². The first kappa shape index (κ1) is 31.5. The van der Waals surface area contributed by atoms with Gasteiger partial charge in [0.25, 0.3) is 0 Å². The molecule has 0 radical (unpaired) electrons. The van der Waals surface area contributed by atoms with Gasteiger partial charge in [-0.25, -0.2) is 24.3 Å². The van der Waals surface area contributed by atoms with Gasteiger partial charge < -0.3 is 10.2 Å². The molecule has 0 bridgehead atoms. The number of hydrogen-bond donors (Lipinski definition) is 2. The number of allylic oxidation sites excluding steroid dienone is 8. The molecular formula is C36H34O2Zr. The van der Waals surface area contributed by atoms with Crippen LogP contribution in [0.15, 0.2) is 146 Å². The Bertz CT molecular complexity index is 1160. The molecule has 2 aliphatic rings. The van der Waals surface area contributed by atoms with E-state index in [4.69, 9.17) is 10.2 Å². The van der Waals surface area contributed by atoms with E-state index >= 15 is 0 Å². The van der Waals surface area contributed by atoms with Crippen molar-refractivity contribution in [3.05, 3.63) is 180 Å². The number of phenolic OH excluding ortho intramolecular Hbond substituents is 2. The molecule has 0 aliphatic heterocycles. The van der Waals surface area contributed by atoms with Crippen LogP contribution in [0, 0.1) is 12.2 Å². The minimum absolute atomic E-state index is 0. The Labute approximate surface area is 252 Å². The quantitative estimate of drug-likeness (QED) is 0.234. The van der Waals surface area contributed by atoms with Crippen LogP contribution < -0.4 is 0 Å². The maximum Gasteiger partial charge on any atom is 2.00 e. The average molecular weight is 590 g/mol. The summed E-state index contributed by atoms with van der Waals surface area (Å²) in [7, 11) is 0. The molecule has 2 aliphatic carbocycles. The maximum absolute atomic E-state index is 9.12. The minimum Gasteiger partial charge on any atom is -0.508 e. The zero-order chi connectivity index (χ0) is 26.7. The summed E-state index contributed by atoms with van der Waals surface area (Å²) in [5.74, 6) is 0.642. The van der Waals surface area contributed by atoms with Crippen LogP contribution in [0.4, 0.5) is 0 Å². The van der Waals surface area contributed by atoms with Crippen LogP contribution in [0.2, 0.25) is 0 Å². The third-order valence-corrected chi connectivity index (χ3v) is 5.55. The van der Waals surface area contributed by atoms with Gasteiger partial charge in [0.05, 0.1) is 0 Å². The number of hydrogen-bond acceptors (Lipinski definition) is 2. The number of benzene rings is 4. The van der Waals surface area contributed by atoms with Crippen molar-refractivity contribution in [3.63, 3.8) is 0 Å². The van der Waals surface area contributed by atoms with Gasteiger partial charge in [0.2, 0.25) is 0 Å². The number of phenols is 2. The fourth-order valence-corrected chi connectivity index (χ4v) is 3.57. The summed E-state index contributed by atoms with van der Waals surface area (Å²) < 4.78 is 0. The molecule has 0 aromatic heterocycles. The van der Waals surface area contributed by atoms with E-state index in [-0.39, 0.29) is 26.2 Å². The molecular weight excluding hydrogens is 556 g/mol. The van der Waals surface area contributed by atoms with Crippen LogP contribution in [0.1, 0.15) is 35.1 Å². The SMILES string of the molecule is Oc1ccc(Cc2ccccc2)cc1.Oc1ccc(Cc2ccccc2)cc1.[C-]1=CC=CC1.[C-]1=CC=CC1.[Zr+2]. The van der Waals surface area contributed by atoms with Gasteiger partial charge in [0.1, 0.15) is 11.5 Å². The van der Waals surface area contributed by atoms with Crippen LogP contribution in [0.5, 0.6) is 11.5 Å². The molecule has 2 nitrogen and oxygen atoms in total. The summed E-state index contributed by atoms with van der Waals surface area (Å²) in [6.07, 6.45) is 21.8. The molecule has 39 heavy (non-hydrogen) atoms. The van der Waals surface area contributed by atoms with Crippen LogP contribution in [0.25, 0.3) is 0 Å². The van der Waals surface area contributed by atoms with E-state index in [0.29, 0.717) is 11.5 Å². The Hall–Kier alpha value is -3.68. The molecule has 0 spiro atoms. The van der Waals surface area contributed by atoms with Gasteiger partial charge in [-0.1, -0.05) is 84.9 Å². The molecule has 4 aromatic carbocycles. The molecule has 0 fully saturated rings. The molecule has 194 valence electrons. The van der Waals surface area contributed by atoms with E-state index in [9.17, 15) is 0 Å². The summed E-state index contributed by atoms with van der Waals surface area (Å²) in [4.78, 5) is 0. The van der Waals surface area contributed by atoms with Crippen molar-refractivity contribution in [2.75, 3.05) is 0 Å². The third kappa shape index (κ3) is 14.2. The molecule has 0 saturated heterocycles. The third-order valence-electron chi connectivity index (χ3n) is 5.55. The Morgan fingerprint density at radius 2 is 0.795 bits per heavy atom. The standard InChI is InChI=1S/2C13H12O.2C5H5.Zr/c2*14-13-8-6-12(7-9-13)10-11-4-2-1-3-5-11;2*1-2-4-5-3-1;/h2*1-9,14H,10H2;2*1-3H,4H2;/q;;2*-1;+2. The summed E-state index contributed by atoms with van der Waals surface area (Å²) >= 11 is 0. The largest absolute Gasteiger partial charge is 2.00 e. The molecule has 6 rings (SSSR count). The van der Waals surface area contributed by atoms with Gasteiger partial charge >= 0.3 is 26.2 Å². The zero-order valence-electron chi connectivity index (χ0n) is 22.1. The first-order valence-electron chi connectivity index (χ1n) is 12.8. The molecule has 0 amide bonds. The van der Waals surface area contributed by atoms with E-state index in [1.807, 2.05) is 85.0 Å². The van der Waals surface area contributed by atoms with Crippen molar-refractivity contribution in [1.82, 2.24) is 0 Å². The summed E-state index contributed by atoms with van der Waals surface area (Å²) in [6.45, 7) is 0. The second kappa shape index (κ2) is 19.4. The Kier molecular flexibility index (Phi) is 15.7. The van der Waals surface area contributed by atoms with Gasteiger partial charge in [-0.15, -0.1) is 12.8 Å². The van der Waals surface area contributed by atoms with Crippen molar-refractivity contribution in [2.45, 2.75) is 25.7 Å². The maximum atomic E-state index is 9.12. The first-order valence-corrected chi connectivity index (χ1v) is 12.8. The Balaban J connectivity index is 0.000000199. The fourth-order valence-electron chi connectivity index (χ4n) is 3.57. The van der Waals surface area contributed by atoms with E-state index in [1.165, 1.54) is 22.3 Å². The van der Waals surface area contributed by atoms with Crippen molar-refractivity contribution < 1.29 is 36.4 Å². The van der Waals surface area contributed by atoms with E-state index in [2.05, 4.69) is 48.6 Å². The molecule has 2 N–H and O–H groups in total. The van der Waals surface area contributed by atoms with Crippen molar-refractivity contribution in [2.24, 2.45) is 0 Å². The van der Waals surface area contributed by atoms with Crippen molar-refractivity contribution >= 4 is 0 Å². The number of aromatic hydroxyl groups is 2. The summed E-state index contributed by atoms with van der Waals surface area (Å²) in [5.41, 5.74) is 5.01. The molecule has 0 unspecified atom stereocenters. The second-order valence-electron chi connectivity index (χ2n) is 8.66.